The van der Waals surface area contributed by atoms with Crippen molar-refractivity contribution < 1.29 is 18.7 Å². The molecule has 7 heteroatoms. The molecule has 1 heterocycles. The quantitative estimate of drug-likeness (QED) is 0.539. The van der Waals surface area contributed by atoms with Gasteiger partial charge in [-0.2, -0.15) is 5.26 Å². The maximum Gasteiger partial charge on any atom is 0.291 e. The molecule has 2 aromatic carbocycles. The fourth-order valence-electron chi connectivity index (χ4n) is 2.82. The van der Waals surface area contributed by atoms with Crippen LogP contribution in [0.25, 0.3) is 0 Å². The van der Waals surface area contributed by atoms with Crippen LogP contribution in [0.4, 0.5) is 11.4 Å². The van der Waals surface area contributed by atoms with Gasteiger partial charge in [-0.05, 0) is 54.4 Å². The predicted molar refractivity (Wildman–Crippen MR) is 117 cm³/mol. The summed E-state index contributed by atoms with van der Waals surface area (Å²) >= 11 is 0. The molecule has 0 unspecified atom stereocenters. The highest BCUT2D eigenvalue weighted by atomic mass is 16.5. The molecule has 0 atom stereocenters. The number of nitriles is 1. The molecule has 0 saturated carbocycles. The lowest BCUT2D eigenvalue weighted by Gasteiger charge is -2.08. The third-order valence-electron chi connectivity index (χ3n) is 4.28. The summed E-state index contributed by atoms with van der Waals surface area (Å²) < 4.78 is 11.2. The molecule has 2 amide bonds. The van der Waals surface area contributed by atoms with Gasteiger partial charge < -0.3 is 19.8 Å². The van der Waals surface area contributed by atoms with Gasteiger partial charge in [0.25, 0.3) is 5.91 Å². The van der Waals surface area contributed by atoms with Crippen LogP contribution in [-0.2, 0) is 11.4 Å². The molecule has 0 bridgehead atoms. The van der Waals surface area contributed by atoms with Gasteiger partial charge in [-0.3, -0.25) is 9.59 Å². The summed E-state index contributed by atoms with van der Waals surface area (Å²) in [7, 11) is 0. The summed E-state index contributed by atoms with van der Waals surface area (Å²) in [6, 6.07) is 19.0. The zero-order valence-corrected chi connectivity index (χ0v) is 17.3. The van der Waals surface area contributed by atoms with E-state index in [4.69, 9.17) is 14.4 Å². The minimum absolute atomic E-state index is 0.0467. The minimum Gasteiger partial charge on any atom is -0.484 e. The Morgan fingerprint density at radius 3 is 2.35 bits per heavy atom. The van der Waals surface area contributed by atoms with E-state index in [1.165, 1.54) is 0 Å². The van der Waals surface area contributed by atoms with Crippen molar-refractivity contribution in [3.8, 4) is 11.8 Å². The highest BCUT2D eigenvalue weighted by Gasteiger charge is 2.13. The van der Waals surface area contributed by atoms with E-state index in [2.05, 4.69) is 16.7 Å². The first-order valence-electron chi connectivity index (χ1n) is 9.86. The molecule has 0 fully saturated rings. The second-order valence-electron chi connectivity index (χ2n) is 7.34. The molecule has 2 N–H and O–H groups in total. The smallest absolute Gasteiger partial charge is 0.291 e. The van der Waals surface area contributed by atoms with Crippen LogP contribution in [0.5, 0.6) is 5.75 Å². The van der Waals surface area contributed by atoms with Gasteiger partial charge in [-0.15, -0.1) is 0 Å². The molecule has 158 valence electrons. The number of para-hydroxylation sites is 1. The monoisotopic (exact) mass is 417 g/mol. The first-order chi connectivity index (χ1) is 14.9. The average Bonchev–Trinajstić information content (AvgIpc) is 3.22. The summed E-state index contributed by atoms with van der Waals surface area (Å²) in [5.74, 6) is 0.883. The molecule has 3 rings (SSSR count). The van der Waals surface area contributed by atoms with E-state index in [1.807, 2.05) is 13.8 Å². The van der Waals surface area contributed by atoms with E-state index in [0.717, 1.165) is 0 Å². The highest BCUT2D eigenvalue weighted by molar-refractivity contribution is 6.02. The summed E-state index contributed by atoms with van der Waals surface area (Å²) in [5.41, 5.74) is 1.67. The van der Waals surface area contributed by atoms with Crippen LogP contribution < -0.4 is 15.4 Å². The molecule has 3 aromatic rings. The van der Waals surface area contributed by atoms with Gasteiger partial charge in [0.1, 0.15) is 24.2 Å². The van der Waals surface area contributed by atoms with Crippen molar-refractivity contribution in [1.29, 1.82) is 5.26 Å². The molecule has 0 spiro atoms. The van der Waals surface area contributed by atoms with Crippen LogP contribution in [0.15, 0.2) is 65.1 Å². The lowest BCUT2D eigenvalue weighted by atomic mass is 10.1. The molecule has 31 heavy (non-hydrogen) atoms. The fraction of sp³-hybridized carbons (Fsp3) is 0.208. The molecule has 0 radical (unpaired) electrons. The summed E-state index contributed by atoms with van der Waals surface area (Å²) in [4.78, 5) is 24.3. The highest BCUT2D eigenvalue weighted by Crippen LogP contribution is 2.20. The van der Waals surface area contributed by atoms with Crippen molar-refractivity contribution in [1.82, 2.24) is 0 Å². The Morgan fingerprint density at radius 1 is 1.00 bits per heavy atom. The number of hydrogen-bond donors (Lipinski definition) is 2. The summed E-state index contributed by atoms with van der Waals surface area (Å²) in [6.45, 7) is 4.06. The number of anilines is 2. The van der Waals surface area contributed by atoms with Crippen molar-refractivity contribution in [2.75, 3.05) is 10.6 Å². The molecule has 1 aromatic heterocycles. The van der Waals surface area contributed by atoms with Gasteiger partial charge in [0.2, 0.25) is 5.91 Å². The van der Waals surface area contributed by atoms with Gasteiger partial charge in [-0.25, -0.2) is 0 Å². The number of hydrogen-bond acceptors (Lipinski definition) is 5. The molecular formula is C24H23N3O4. The largest absolute Gasteiger partial charge is 0.484 e. The Morgan fingerprint density at radius 2 is 1.68 bits per heavy atom. The fourth-order valence-corrected chi connectivity index (χ4v) is 2.82. The Balaban J connectivity index is 1.55. The lowest BCUT2D eigenvalue weighted by molar-refractivity contribution is -0.116. The Hall–Kier alpha value is -4.05. The van der Waals surface area contributed by atoms with Crippen molar-refractivity contribution in [3.63, 3.8) is 0 Å². The van der Waals surface area contributed by atoms with Crippen LogP contribution in [-0.4, -0.2) is 11.8 Å². The van der Waals surface area contributed by atoms with Gasteiger partial charge in [0.15, 0.2) is 5.76 Å². The van der Waals surface area contributed by atoms with Crippen molar-refractivity contribution in [2.45, 2.75) is 26.9 Å². The SMILES string of the molecule is CC(C)CC(=O)Nc1ccc(NC(=O)c2ccc(COc3ccccc3C#N)o2)cc1. The molecular weight excluding hydrogens is 394 g/mol. The Labute approximate surface area is 180 Å². The normalized spacial score (nSPS) is 10.4. The number of carbonyl (C=O) groups excluding carboxylic acids is 2. The Kier molecular flexibility index (Phi) is 7.07. The van der Waals surface area contributed by atoms with Gasteiger partial charge in [0.05, 0.1) is 5.56 Å². The maximum absolute atomic E-state index is 12.4. The van der Waals surface area contributed by atoms with E-state index in [1.54, 1.807) is 60.7 Å². The minimum atomic E-state index is -0.403. The van der Waals surface area contributed by atoms with Crippen molar-refractivity contribution in [3.05, 3.63) is 77.7 Å². The van der Waals surface area contributed by atoms with Crippen molar-refractivity contribution >= 4 is 23.2 Å². The zero-order chi connectivity index (χ0) is 22.2. The van der Waals surface area contributed by atoms with Crippen LogP contribution in [0.3, 0.4) is 0 Å². The molecule has 7 nitrogen and oxygen atoms in total. The van der Waals surface area contributed by atoms with E-state index < -0.39 is 5.91 Å². The number of furan rings is 1. The second-order valence-corrected chi connectivity index (χ2v) is 7.34. The van der Waals surface area contributed by atoms with Gasteiger partial charge in [-0.1, -0.05) is 26.0 Å². The summed E-state index contributed by atoms with van der Waals surface area (Å²) in [5, 5.41) is 14.7. The standard InChI is InChI=1S/C24H23N3O4/c1-16(2)13-23(28)26-18-7-9-19(10-8-18)27-24(29)22-12-11-20(31-22)15-30-21-6-4-3-5-17(21)14-25/h3-12,16H,13,15H2,1-2H3,(H,26,28)(H,27,29). The Bertz CT molecular complexity index is 1090. The first kappa shape index (κ1) is 21.7. The van der Waals surface area contributed by atoms with E-state index in [0.29, 0.717) is 34.9 Å². The number of nitrogens with zero attached hydrogens (tertiary/aromatic N) is 1. The topological polar surface area (TPSA) is 104 Å². The zero-order valence-electron chi connectivity index (χ0n) is 17.3. The van der Waals surface area contributed by atoms with Crippen molar-refractivity contribution in [2.24, 2.45) is 5.92 Å². The van der Waals surface area contributed by atoms with Crippen LogP contribution in [0.1, 0.15) is 42.1 Å². The maximum atomic E-state index is 12.4. The number of amides is 2. The summed E-state index contributed by atoms with van der Waals surface area (Å²) in [6.07, 6.45) is 0.450. The number of rotatable bonds is 8. The lowest BCUT2D eigenvalue weighted by Crippen LogP contribution is -2.14. The average molecular weight is 417 g/mol. The van der Waals surface area contributed by atoms with E-state index in [-0.39, 0.29) is 24.2 Å². The molecule has 0 aliphatic heterocycles. The third-order valence-corrected chi connectivity index (χ3v) is 4.28. The predicted octanol–water partition coefficient (Wildman–Crippen LogP) is 4.97. The van der Waals surface area contributed by atoms with Crippen LogP contribution in [0, 0.1) is 17.2 Å². The second kappa shape index (κ2) is 10.1. The first-order valence-corrected chi connectivity index (χ1v) is 9.86. The molecule has 0 aliphatic carbocycles. The van der Waals surface area contributed by atoms with Crippen LogP contribution >= 0.6 is 0 Å². The molecule has 0 aliphatic rings. The number of ether oxygens (including phenoxy) is 1. The van der Waals surface area contributed by atoms with Gasteiger partial charge in [0, 0.05) is 17.8 Å². The van der Waals surface area contributed by atoms with E-state index in [9.17, 15) is 9.59 Å². The third kappa shape index (κ3) is 6.21. The number of benzene rings is 2. The van der Waals surface area contributed by atoms with Crippen LogP contribution in [0.2, 0.25) is 0 Å². The molecule has 0 saturated heterocycles. The van der Waals surface area contributed by atoms with Gasteiger partial charge >= 0.3 is 0 Å². The number of carbonyl (C=O) groups is 2. The van der Waals surface area contributed by atoms with E-state index >= 15 is 0 Å². The number of nitrogens with one attached hydrogen (secondary N) is 2.